The molecule has 0 radical (unpaired) electrons. The number of pyridine rings is 1. The van der Waals surface area contributed by atoms with Gasteiger partial charge in [-0.25, -0.2) is 15.0 Å². The summed E-state index contributed by atoms with van der Waals surface area (Å²) in [6.07, 6.45) is 4.97. The molecule has 5 heteroatoms. The van der Waals surface area contributed by atoms with Crippen LogP contribution >= 0.6 is 11.3 Å². The smallest absolute Gasteiger partial charge is 0.144 e. The maximum Gasteiger partial charge on any atom is 0.144 e. The first kappa shape index (κ1) is 9.30. The number of aryl methyl sites for hydroxylation is 2. The van der Waals surface area contributed by atoms with Crippen LogP contribution in [-0.2, 0) is 12.8 Å². The lowest BCUT2D eigenvalue weighted by Gasteiger charge is -1.97. The number of thiophene rings is 1. The number of nitrogens with two attached hydrogens (primary N) is 1. The lowest BCUT2D eigenvalue weighted by Crippen LogP contribution is -1.90. The van der Waals surface area contributed by atoms with Crippen molar-refractivity contribution in [1.29, 1.82) is 0 Å². The number of hydrogen-bond acceptors (Lipinski definition) is 5. The quantitative estimate of drug-likeness (QED) is 0.657. The van der Waals surface area contributed by atoms with Crippen LogP contribution in [-0.4, -0.2) is 15.0 Å². The van der Waals surface area contributed by atoms with Crippen LogP contribution in [0.1, 0.15) is 17.7 Å². The Morgan fingerprint density at radius 3 is 3.12 bits per heavy atom. The predicted molar refractivity (Wildman–Crippen MR) is 69.2 cm³/mol. The highest BCUT2D eigenvalue weighted by Crippen LogP contribution is 2.36. The van der Waals surface area contributed by atoms with Crippen LogP contribution in [0.4, 0.5) is 5.82 Å². The van der Waals surface area contributed by atoms with Crippen LogP contribution in [0.2, 0.25) is 0 Å². The predicted octanol–water partition coefficient (Wildman–Crippen LogP) is 2.31. The molecule has 2 N–H and O–H groups in total. The maximum absolute atomic E-state index is 5.87. The Kier molecular flexibility index (Phi) is 1.71. The topological polar surface area (TPSA) is 64.7 Å². The Morgan fingerprint density at radius 1 is 1.24 bits per heavy atom. The van der Waals surface area contributed by atoms with Gasteiger partial charge in [0, 0.05) is 11.1 Å². The molecular formula is C12H10N4S. The molecule has 3 aromatic rings. The second-order valence-corrected chi connectivity index (χ2v) is 5.34. The van der Waals surface area contributed by atoms with Crippen LogP contribution < -0.4 is 5.73 Å². The van der Waals surface area contributed by atoms with Gasteiger partial charge in [0.2, 0.25) is 0 Å². The molecule has 3 aromatic heterocycles. The van der Waals surface area contributed by atoms with Gasteiger partial charge >= 0.3 is 0 Å². The van der Waals surface area contributed by atoms with Crippen molar-refractivity contribution >= 4 is 37.6 Å². The van der Waals surface area contributed by atoms with Gasteiger partial charge in [-0.15, -0.1) is 11.3 Å². The summed E-state index contributed by atoms with van der Waals surface area (Å²) in [5.41, 5.74) is 9.43. The van der Waals surface area contributed by atoms with E-state index in [2.05, 4.69) is 16.0 Å². The van der Waals surface area contributed by atoms with Crippen molar-refractivity contribution in [2.45, 2.75) is 19.3 Å². The summed E-state index contributed by atoms with van der Waals surface area (Å²) < 4.78 is 0.957. The zero-order chi connectivity index (χ0) is 11.4. The lowest BCUT2D eigenvalue weighted by atomic mass is 10.2. The largest absolute Gasteiger partial charge is 0.382 e. The van der Waals surface area contributed by atoms with Gasteiger partial charge in [0.1, 0.15) is 17.0 Å². The van der Waals surface area contributed by atoms with Gasteiger partial charge in [-0.05, 0) is 30.9 Å². The van der Waals surface area contributed by atoms with E-state index in [-0.39, 0.29) is 0 Å². The summed E-state index contributed by atoms with van der Waals surface area (Å²) in [6, 6.07) is 2.23. The van der Waals surface area contributed by atoms with Crippen molar-refractivity contribution in [1.82, 2.24) is 15.0 Å². The first-order valence-corrected chi connectivity index (χ1v) is 6.46. The third-order valence-corrected chi connectivity index (χ3v) is 4.41. The van der Waals surface area contributed by atoms with Gasteiger partial charge in [-0.1, -0.05) is 0 Å². The zero-order valence-corrected chi connectivity index (χ0v) is 9.92. The number of hydrogen-bond donors (Lipinski definition) is 1. The highest BCUT2D eigenvalue weighted by Gasteiger charge is 2.17. The van der Waals surface area contributed by atoms with Crippen molar-refractivity contribution in [3.8, 4) is 0 Å². The lowest BCUT2D eigenvalue weighted by molar-refractivity contribution is 0.901. The minimum Gasteiger partial charge on any atom is -0.382 e. The highest BCUT2D eigenvalue weighted by atomic mass is 32.1. The minimum absolute atomic E-state index is 0.554. The Morgan fingerprint density at radius 2 is 2.18 bits per heavy atom. The normalized spacial score (nSPS) is 14.6. The molecule has 84 valence electrons. The molecule has 17 heavy (non-hydrogen) atoms. The van der Waals surface area contributed by atoms with Crippen molar-refractivity contribution in [2.75, 3.05) is 5.73 Å². The van der Waals surface area contributed by atoms with Gasteiger partial charge < -0.3 is 5.73 Å². The number of nitrogens with zero attached hydrogens (tertiary/aromatic N) is 3. The fourth-order valence-electron chi connectivity index (χ4n) is 2.48. The Bertz CT molecular complexity index is 747. The number of fused-ring (bicyclic) bond motifs is 4. The van der Waals surface area contributed by atoms with E-state index in [1.807, 2.05) is 0 Å². The van der Waals surface area contributed by atoms with Crippen molar-refractivity contribution in [2.24, 2.45) is 0 Å². The van der Waals surface area contributed by atoms with Gasteiger partial charge in [-0.2, -0.15) is 0 Å². The van der Waals surface area contributed by atoms with Crippen LogP contribution in [0, 0.1) is 0 Å². The van der Waals surface area contributed by atoms with E-state index in [0.29, 0.717) is 5.82 Å². The molecule has 0 aromatic carbocycles. The Balaban J connectivity index is 2.19. The van der Waals surface area contributed by atoms with Crippen LogP contribution in [0.5, 0.6) is 0 Å². The van der Waals surface area contributed by atoms with Crippen molar-refractivity contribution in [3.05, 3.63) is 23.7 Å². The monoisotopic (exact) mass is 242 g/mol. The molecular weight excluding hydrogens is 232 g/mol. The van der Waals surface area contributed by atoms with Gasteiger partial charge in [-0.3, -0.25) is 0 Å². The van der Waals surface area contributed by atoms with Gasteiger partial charge in [0.25, 0.3) is 0 Å². The number of anilines is 1. The van der Waals surface area contributed by atoms with E-state index in [9.17, 15) is 0 Å². The highest BCUT2D eigenvalue weighted by molar-refractivity contribution is 7.25. The molecule has 0 spiro atoms. The molecule has 3 heterocycles. The summed E-state index contributed by atoms with van der Waals surface area (Å²) in [6.45, 7) is 0. The average molecular weight is 242 g/mol. The Labute approximate surface area is 102 Å². The molecule has 0 saturated heterocycles. The number of rotatable bonds is 0. The van der Waals surface area contributed by atoms with E-state index in [4.69, 9.17) is 10.7 Å². The van der Waals surface area contributed by atoms with Gasteiger partial charge in [0.15, 0.2) is 0 Å². The van der Waals surface area contributed by atoms with Crippen molar-refractivity contribution in [3.63, 3.8) is 0 Å². The van der Waals surface area contributed by atoms with E-state index < -0.39 is 0 Å². The summed E-state index contributed by atoms with van der Waals surface area (Å²) >= 11 is 1.59. The summed E-state index contributed by atoms with van der Waals surface area (Å²) in [7, 11) is 0. The molecule has 1 aliphatic rings. The molecule has 4 rings (SSSR count). The molecule has 0 unspecified atom stereocenters. The second-order valence-electron chi connectivity index (χ2n) is 4.34. The molecule has 0 fully saturated rings. The zero-order valence-electron chi connectivity index (χ0n) is 9.10. The van der Waals surface area contributed by atoms with Crippen LogP contribution in [0.25, 0.3) is 20.4 Å². The molecule has 0 saturated carbocycles. The van der Waals surface area contributed by atoms with E-state index >= 15 is 0 Å². The number of aromatic nitrogens is 3. The summed E-state index contributed by atoms with van der Waals surface area (Å²) in [5, 5.41) is 1.12. The minimum atomic E-state index is 0.554. The molecule has 0 bridgehead atoms. The van der Waals surface area contributed by atoms with Crippen LogP contribution in [0.15, 0.2) is 12.4 Å². The Hall–Kier alpha value is -1.75. The third kappa shape index (κ3) is 1.20. The maximum atomic E-state index is 5.87. The van der Waals surface area contributed by atoms with E-state index in [1.165, 1.54) is 24.0 Å². The summed E-state index contributed by atoms with van der Waals surface area (Å²) in [4.78, 5) is 14.1. The molecule has 0 aliphatic heterocycles. The fourth-order valence-corrected chi connectivity index (χ4v) is 3.51. The summed E-state index contributed by atoms with van der Waals surface area (Å²) in [5.74, 6) is 0.554. The standard InChI is InChI=1S/C12H10N4S/c13-11-10-9(14-5-15-11)7-4-6-2-1-3-8(6)16-12(7)17-10/h4-5H,1-3H2,(H2,13,14,15). The second kappa shape index (κ2) is 3.13. The van der Waals surface area contributed by atoms with E-state index in [1.54, 1.807) is 11.3 Å². The fraction of sp³-hybridized carbons (Fsp3) is 0.250. The van der Waals surface area contributed by atoms with E-state index in [0.717, 1.165) is 33.3 Å². The molecule has 4 nitrogen and oxygen atoms in total. The molecule has 0 atom stereocenters. The first-order chi connectivity index (χ1) is 8.33. The SMILES string of the molecule is Nc1ncnc2c1sc1nc3c(cc12)CCC3. The number of nitrogen functional groups attached to an aromatic ring is 1. The first-order valence-electron chi connectivity index (χ1n) is 5.64. The molecule has 0 amide bonds. The average Bonchev–Trinajstić information content (AvgIpc) is 2.90. The third-order valence-electron chi connectivity index (χ3n) is 3.30. The van der Waals surface area contributed by atoms with Crippen LogP contribution in [0.3, 0.4) is 0 Å². The van der Waals surface area contributed by atoms with Crippen molar-refractivity contribution < 1.29 is 0 Å². The van der Waals surface area contributed by atoms with Gasteiger partial charge in [0.05, 0.1) is 10.2 Å². The molecule has 1 aliphatic carbocycles.